The molecule has 0 aliphatic rings. The molecule has 0 bridgehead atoms. The van der Waals surface area contributed by atoms with E-state index in [0.29, 0.717) is 12.0 Å². The zero-order valence-corrected chi connectivity index (χ0v) is 11.6. The van der Waals surface area contributed by atoms with Crippen LogP contribution >= 0.6 is 15.9 Å². The van der Waals surface area contributed by atoms with E-state index in [4.69, 9.17) is 0 Å². The smallest absolute Gasteiger partial charge is 0.123 e. The quantitative estimate of drug-likeness (QED) is 0.902. The second kappa shape index (κ2) is 5.63. The highest BCUT2D eigenvalue weighted by molar-refractivity contribution is 9.10. The Hall–Kier alpha value is -1.19. The van der Waals surface area contributed by atoms with Gasteiger partial charge >= 0.3 is 0 Å². The molecular weight excluding hydrogens is 295 g/mol. The fourth-order valence-corrected chi connectivity index (χ4v) is 2.41. The molecule has 2 aromatic carbocycles. The molecule has 0 spiro atoms. The summed E-state index contributed by atoms with van der Waals surface area (Å²) in [6.45, 7) is 1.82. The van der Waals surface area contributed by atoms with E-state index in [9.17, 15) is 9.50 Å². The van der Waals surface area contributed by atoms with Gasteiger partial charge in [-0.3, -0.25) is 0 Å². The van der Waals surface area contributed by atoms with Crippen molar-refractivity contribution in [1.29, 1.82) is 0 Å². The van der Waals surface area contributed by atoms with E-state index in [1.807, 2.05) is 37.3 Å². The number of benzene rings is 2. The maximum Gasteiger partial charge on any atom is 0.123 e. The summed E-state index contributed by atoms with van der Waals surface area (Å²) in [6, 6.07) is 12.4. The minimum absolute atomic E-state index is 0.307. The van der Waals surface area contributed by atoms with E-state index in [-0.39, 0.29) is 5.82 Å². The van der Waals surface area contributed by atoms with Gasteiger partial charge in [0.15, 0.2) is 0 Å². The Bertz CT molecular complexity index is 534. The van der Waals surface area contributed by atoms with Gasteiger partial charge in [-0.25, -0.2) is 4.39 Å². The van der Waals surface area contributed by atoms with Crippen LogP contribution in [0.25, 0.3) is 0 Å². The van der Waals surface area contributed by atoms with Crippen molar-refractivity contribution in [3.63, 3.8) is 0 Å². The molecule has 0 saturated heterocycles. The Labute approximate surface area is 114 Å². The van der Waals surface area contributed by atoms with Crippen LogP contribution < -0.4 is 0 Å². The summed E-state index contributed by atoms with van der Waals surface area (Å²) in [5.41, 5.74) is 2.45. The Balaban J connectivity index is 2.19. The van der Waals surface area contributed by atoms with Crippen molar-refractivity contribution in [3.05, 3.63) is 69.4 Å². The average molecular weight is 309 g/mol. The number of aliphatic hydroxyl groups excluding tert-OH is 1. The highest BCUT2D eigenvalue weighted by atomic mass is 79.9. The lowest BCUT2D eigenvalue weighted by molar-refractivity contribution is 0.178. The van der Waals surface area contributed by atoms with Crippen molar-refractivity contribution >= 4 is 15.9 Å². The van der Waals surface area contributed by atoms with Crippen LogP contribution in [0.15, 0.2) is 46.9 Å². The number of rotatable bonds is 3. The SMILES string of the molecule is Cc1cc(F)cc(C(O)Cc2cccc(Br)c2)c1. The van der Waals surface area contributed by atoms with Crippen molar-refractivity contribution in [2.45, 2.75) is 19.4 Å². The Morgan fingerprint density at radius 1 is 1.22 bits per heavy atom. The molecule has 1 atom stereocenters. The number of aliphatic hydroxyl groups is 1. The number of hydrogen-bond donors (Lipinski definition) is 1. The van der Waals surface area contributed by atoms with Gasteiger partial charge in [0.05, 0.1) is 6.10 Å². The van der Waals surface area contributed by atoms with Crippen molar-refractivity contribution in [3.8, 4) is 0 Å². The Kier molecular flexibility index (Phi) is 4.15. The number of hydrogen-bond acceptors (Lipinski definition) is 1. The maximum atomic E-state index is 13.3. The van der Waals surface area contributed by atoms with Crippen LogP contribution in [0.1, 0.15) is 22.8 Å². The monoisotopic (exact) mass is 308 g/mol. The number of halogens is 2. The summed E-state index contributed by atoms with van der Waals surface area (Å²) in [5, 5.41) is 10.1. The van der Waals surface area contributed by atoms with Crippen molar-refractivity contribution in [1.82, 2.24) is 0 Å². The van der Waals surface area contributed by atoms with Crippen LogP contribution in [0.2, 0.25) is 0 Å². The van der Waals surface area contributed by atoms with Crippen LogP contribution in [-0.2, 0) is 6.42 Å². The second-order valence-corrected chi connectivity index (χ2v) is 5.33. The molecule has 0 fully saturated rings. The largest absolute Gasteiger partial charge is 0.388 e. The number of aryl methyl sites for hydroxylation is 1. The lowest BCUT2D eigenvalue weighted by Gasteiger charge is -2.12. The summed E-state index contributed by atoms with van der Waals surface area (Å²) in [5.74, 6) is -0.307. The van der Waals surface area contributed by atoms with Crippen LogP contribution in [0, 0.1) is 12.7 Å². The second-order valence-electron chi connectivity index (χ2n) is 4.41. The van der Waals surface area contributed by atoms with Gasteiger partial charge in [0, 0.05) is 10.9 Å². The molecule has 1 nitrogen and oxygen atoms in total. The standard InChI is InChI=1S/C15H14BrFO/c1-10-5-12(9-14(17)6-10)15(18)8-11-3-2-4-13(16)7-11/h2-7,9,15,18H,8H2,1H3. The van der Waals surface area contributed by atoms with E-state index in [0.717, 1.165) is 15.6 Å². The zero-order chi connectivity index (χ0) is 13.1. The van der Waals surface area contributed by atoms with E-state index >= 15 is 0 Å². The maximum absolute atomic E-state index is 13.3. The summed E-state index contributed by atoms with van der Waals surface area (Å²) < 4.78 is 14.2. The summed E-state index contributed by atoms with van der Waals surface area (Å²) in [7, 11) is 0. The molecule has 1 N–H and O–H groups in total. The molecule has 1 unspecified atom stereocenters. The van der Waals surface area contributed by atoms with Crippen LogP contribution in [0.5, 0.6) is 0 Å². The van der Waals surface area contributed by atoms with E-state index in [1.165, 1.54) is 12.1 Å². The first-order valence-electron chi connectivity index (χ1n) is 5.74. The summed E-state index contributed by atoms with van der Waals surface area (Å²) in [6.07, 6.45) is -0.212. The van der Waals surface area contributed by atoms with Crippen molar-refractivity contribution in [2.75, 3.05) is 0 Å². The molecule has 0 aromatic heterocycles. The topological polar surface area (TPSA) is 20.2 Å². The van der Waals surface area contributed by atoms with E-state index < -0.39 is 6.10 Å². The predicted molar refractivity (Wildman–Crippen MR) is 73.9 cm³/mol. The van der Waals surface area contributed by atoms with Gasteiger partial charge < -0.3 is 5.11 Å². The molecule has 2 rings (SSSR count). The lowest BCUT2D eigenvalue weighted by atomic mass is 10.00. The van der Waals surface area contributed by atoms with Gasteiger partial charge in [0.25, 0.3) is 0 Å². The third-order valence-electron chi connectivity index (χ3n) is 2.77. The van der Waals surface area contributed by atoms with Crippen molar-refractivity contribution in [2.24, 2.45) is 0 Å². The molecule has 3 heteroatoms. The molecule has 94 valence electrons. The Morgan fingerprint density at radius 3 is 2.67 bits per heavy atom. The van der Waals surface area contributed by atoms with Gasteiger partial charge in [0.1, 0.15) is 5.82 Å². The highest BCUT2D eigenvalue weighted by Crippen LogP contribution is 2.22. The molecule has 0 amide bonds. The van der Waals surface area contributed by atoms with Gasteiger partial charge in [-0.15, -0.1) is 0 Å². The lowest BCUT2D eigenvalue weighted by Crippen LogP contribution is -2.02. The molecule has 2 aromatic rings. The van der Waals surface area contributed by atoms with Gasteiger partial charge in [0.2, 0.25) is 0 Å². The van der Waals surface area contributed by atoms with Crippen LogP contribution in [-0.4, -0.2) is 5.11 Å². The fourth-order valence-electron chi connectivity index (χ4n) is 1.96. The van der Waals surface area contributed by atoms with Gasteiger partial charge in [-0.1, -0.05) is 34.1 Å². The fraction of sp³-hybridized carbons (Fsp3) is 0.200. The molecular formula is C15H14BrFO. The first-order valence-corrected chi connectivity index (χ1v) is 6.53. The van der Waals surface area contributed by atoms with Crippen molar-refractivity contribution < 1.29 is 9.50 Å². The predicted octanol–water partition coefficient (Wildman–Crippen LogP) is 4.17. The molecule has 0 heterocycles. The Morgan fingerprint density at radius 2 is 2.00 bits per heavy atom. The zero-order valence-electron chi connectivity index (χ0n) is 10.0. The average Bonchev–Trinajstić information content (AvgIpc) is 2.27. The van der Waals surface area contributed by atoms with Crippen LogP contribution in [0.4, 0.5) is 4.39 Å². The minimum Gasteiger partial charge on any atom is -0.388 e. The molecule has 18 heavy (non-hydrogen) atoms. The first-order chi connectivity index (χ1) is 8.54. The van der Waals surface area contributed by atoms with Gasteiger partial charge in [-0.05, 0) is 47.9 Å². The molecule has 0 radical (unpaired) electrons. The van der Waals surface area contributed by atoms with Crippen LogP contribution in [0.3, 0.4) is 0 Å². The highest BCUT2D eigenvalue weighted by Gasteiger charge is 2.10. The molecule has 0 aliphatic carbocycles. The summed E-state index contributed by atoms with van der Waals surface area (Å²) in [4.78, 5) is 0. The van der Waals surface area contributed by atoms with E-state index in [1.54, 1.807) is 0 Å². The van der Waals surface area contributed by atoms with Gasteiger partial charge in [-0.2, -0.15) is 0 Å². The third-order valence-corrected chi connectivity index (χ3v) is 3.26. The third kappa shape index (κ3) is 3.40. The first kappa shape index (κ1) is 13.2. The molecule has 0 saturated carbocycles. The minimum atomic E-state index is -0.686. The molecule has 0 aliphatic heterocycles. The summed E-state index contributed by atoms with van der Waals surface area (Å²) >= 11 is 3.39. The van der Waals surface area contributed by atoms with E-state index in [2.05, 4.69) is 15.9 Å². The normalized spacial score (nSPS) is 12.4.